The molecule has 0 aliphatic heterocycles. The monoisotopic (exact) mass is 256 g/mol. The van der Waals surface area contributed by atoms with E-state index in [1.54, 1.807) is 19.2 Å². The van der Waals surface area contributed by atoms with Crippen molar-refractivity contribution in [3.05, 3.63) is 24.3 Å². The van der Waals surface area contributed by atoms with Crippen LogP contribution in [0.15, 0.2) is 29.2 Å². The molecule has 4 nitrogen and oxygen atoms in total. The Hall–Kier alpha value is -1.07. The van der Waals surface area contributed by atoms with Crippen LogP contribution in [0.1, 0.15) is 20.3 Å². The van der Waals surface area contributed by atoms with E-state index in [0.717, 1.165) is 6.42 Å². The van der Waals surface area contributed by atoms with Crippen molar-refractivity contribution >= 4 is 15.7 Å². The Morgan fingerprint density at radius 3 is 2.29 bits per heavy atom. The molecule has 1 aromatic rings. The van der Waals surface area contributed by atoms with Crippen molar-refractivity contribution in [3.8, 4) is 0 Å². The van der Waals surface area contributed by atoms with E-state index in [1.807, 2.05) is 13.8 Å². The molecule has 0 spiro atoms. The number of benzene rings is 1. The second kappa shape index (κ2) is 5.51. The number of hydrogen-bond acceptors (Lipinski definition) is 3. The van der Waals surface area contributed by atoms with Gasteiger partial charge in [0, 0.05) is 19.3 Å². The first-order valence-corrected chi connectivity index (χ1v) is 7.13. The van der Waals surface area contributed by atoms with E-state index in [9.17, 15) is 8.42 Å². The van der Waals surface area contributed by atoms with Crippen LogP contribution in [0.4, 0.5) is 5.69 Å². The number of rotatable bonds is 5. The molecule has 0 amide bonds. The number of anilines is 1. The van der Waals surface area contributed by atoms with Crippen molar-refractivity contribution < 1.29 is 8.42 Å². The summed E-state index contributed by atoms with van der Waals surface area (Å²) in [7, 11) is -1.77. The van der Waals surface area contributed by atoms with Gasteiger partial charge in [-0.1, -0.05) is 20.3 Å². The van der Waals surface area contributed by atoms with Gasteiger partial charge >= 0.3 is 0 Å². The van der Waals surface area contributed by atoms with E-state index in [4.69, 9.17) is 5.73 Å². The molecule has 1 unspecified atom stereocenters. The zero-order valence-corrected chi connectivity index (χ0v) is 11.4. The Bertz CT molecular complexity index is 454. The molecule has 0 radical (unpaired) electrons. The van der Waals surface area contributed by atoms with Crippen LogP contribution in [-0.4, -0.2) is 26.3 Å². The zero-order valence-electron chi connectivity index (χ0n) is 10.6. The summed E-state index contributed by atoms with van der Waals surface area (Å²) in [6, 6.07) is 6.28. The fourth-order valence-corrected chi connectivity index (χ4v) is 2.78. The highest BCUT2D eigenvalue weighted by Crippen LogP contribution is 2.17. The number of hydrogen-bond donors (Lipinski definition) is 1. The Labute approximate surface area is 103 Å². The van der Waals surface area contributed by atoms with Crippen LogP contribution in [0.5, 0.6) is 0 Å². The van der Waals surface area contributed by atoms with Gasteiger partial charge in [0.05, 0.1) is 4.90 Å². The van der Waals surface area contributed by atoms with Crippen LogP contribution in [0, 0.1) is 5.92 Å². The normalized spacial score (nSPS) is 13.9. The molecule has 0 heterocycles. The first-order valence-electron chi connectivity index (χ1n) is 5.69. The maximum atomic E-state index is 12.2. The maximum Gasteiger partial charge on any atom is 0.242 e. The molecule has 0 saturated carbocycles. The minimum Gasteiger partial charge on any atom is -0.399 e. The molecule has 96 valence electrons. The maximum absolute atomic E-state index is 12.2. The lowest BCUT2D eigenvalue weighted by Gasteiger charge is -2.20. The van der Waals surface area contributed by atoms with Crippen LogP contribution < -0.4 is 5.73 Å². The molecular formula is C12H20N2O2S. The second-order valence-corrected chi connectivity index (χ2v) is 6.41. The lowest BCUT2D eigenvalue weighted by atomic mass is 10.1. The molecule has 0 saturated heterocycles. The summed E-state index contributed by atoms with van der Waals surface area (Å²) in [5, 5.41) is 0. The van der Waals surface area contributed by atoms with Crippen molar-refractivity contribution in [2.45, 2.75) is 25.2 Å². The van der Waals surface area contributed by atoms with Crippen molar-refractivity contribution in [3.63, 3.8) is 0 Å². The van der Waals surface area contributed by atoms with Gasteiger partial charge in [-0.3, -0.25) is 0 Å². The van der Waals surface area contributed by atoms with Crippen molar-refractivity contribution in [2.24, 2.45) is 5.92 Å². The van der Waals surface area contributed by atoms with Gasteiger partial charge in [-0.15, -0.1) is 0 Å². The lowest BCUT2D eigenvalue weighted by Crippen LogP contribution is -2.31. The van der Waals surface area contributed by atoms with Crippen LogP contribution in [-0.2, 0) is 10.0 Å². The Balaban J connectivity index is 2.91. The Kier molecular flexibility index (Phi) is 4.54. The smallest absolute Gasteiger partial charge is 0.242 e. The minimum absolute atomic E-state index is 0.289. The van der Waals surface area contributed by atoms with Gasteiger partial charge in [0.15, 0.2) is 0 Å². The fourth-order valence-electron chi connectivity index (χ4n) is 1.49. The third kappa shape index (κ3) is 3.44. The SMILES string of the molecule is CCC(C)CN(C)S(=O)(=O)c1ccc(N)cc1. The highest BCUT2D eigenvalue weighted by Gasteiger charge is 2.21. The first kappa shape index (κ1) is 14.0. The average Bonchev–Trinajstić information content (AvgIpc) is 2.29. The number of nitrogen functional groups attached to an aromatic ring is 1. The van der Waals surface area contributed by atoms with Crippen molar-refractivity contribution in [1.82, 2.24) is 4.31 Å². The number of sulfonamides is 1. The van der Waals surface area contributed by atoms with Gasteiger partial charge < -0.3 is 5.73 Å². The highest BCUT2D eigenvalue weighted by atomic mass is 32.2. The molecule has 2 N–H and O–H groups in total. The molecule has 1 rings (SSSR count). The van der Waals surface area contributed by atoms with E-state index >= 15 is 0 Å². The van der Waals surface area contributed by atoms with Crippen molar-refractivity contribution in [1.29, 1.82) is 0 Å². The molecule has 0 aliphatic carbocycles. The largest absolute Gasteiger partial charge is 0.399 e. The number of nitrogens with two attached hydrogens (primary N) is 1. The number of nitrogens with zero attached hydrogens (tertiary/aromatic N) is 1. The van der Waals surface area contributed by atoms with Gasteiger partial charge in [-0.25, -0.2) is 12.7 Å². The zero-order chi connectivity index (χ0) is 13.1. The fraction of sp³-hybridized carbons (Fsp3) is 0.500. The van der Waals surface area contributed by atoms with E-state index in [-0.39, 0.29) is 4.90 Å². The Morgan fingerprint density at radius 2 is 1.82 bits per heavy atom. The van der Waals surface area contributed by atoms with Crippen LogP contribution in [0.2, 0.25) is 0 Å². The van der Waals surface area contributed by atoms with E-state index in [0.29, 0.717) is 18.2 Å². The molecule has 5 heteroatoms. The Morgan fingerprint density at radius 1 is 1.29 bits per heavy atom. The van der Waals surface area contributed by atoms with E-state index in [1.165, 1.54) is 16.4 Å². The summed E-state index contributed by atoms with van der Waals surface area (Å²) < 4.78 is 25.8. The second-order valence-electron chi connectivity index (χ2n) is 4.37. The average molecular weight is 256 g/mol. The molecule has 1 atom stereocenters. The third-order valence-electron chi connectivity index (χ3n) is 2.85. The minimum atomic E-state index is -3.38. The topological polar surface area (TPSA) is 63.4 Å². The van der Waals surface area contributed by atoms with E-state index < -0.39 is 10.0 Å². The predicted octanol–water partition coefficient (Wildman–Crippen LogP) is 1.94. The molecule has 0 aliphatic rings. The van der Waals surface area contributed by atoms with Gasteiger partial charge in [0.1, 0.15) is 0 Å². The molecule has 17 heavy (non-hydrogen) atoms. The highest BCUT2D eigenvalue weighted by molar-refractivity contribution is 7.89. The first-order chi connectivity index (χ1) is 7.87. The summed E-state index contributed by atoms with van der Waals surface area (Å²) in [4.78, 5) is 0.289. The summed E-state index contributed by atoms with van der Waals surface area (Å²) >= 11 is 0. The lowest BCUT2D eigenvalue weighted by molar-refractivity contribution is 0.393. The molecule has 0 bridgehead atoms. The van der Waals surface area contributed by atoms with Crippen LogP contribution in [0.3, 0.4) is 0 Å². The standard InChI is InChI=1S/C12H20N2O2S/c1-4-10(2)9-14(3)17(15,16)12-7-5-11(13)6-8-12/h5-8,10H,4,9,13H2,1-3H3. The summed E-state index contributed by atoms with van der Waals surface area (Å²) in [6.07, 6.45) is 0.960. The van der Waals surface area contributed by atoms with Gasteiger partial charge in [-0.05, 0) is 30.2 Å². The molecular weight excluding hydrogens is 236 g/mol. The predicted molar refractivity (Wildman–Crippen MR) is 70.1 cm³/mol. The summed E-state index contributed by atoms with van der Waals surface area (Å²) in [5.41, 5.74) is 6.10. The summed E-state index contributed by atoms with van der Waals surface area (Å²) in [5.74, 6) is 0.351. The van der Waals surface area contributed by atoms with E-state index in [2.05, 4.69) is 0 Å². The van der Waals surface area contributed by atoms with Gasteiger partial charge in [-0.2, -0.15) is 0 Å². The molecule has 0 aromatic heterocycles. The molecule has 0 fully saturated rings. The van der Waals surface area contributed by atoms with Crippen LogP contribution >= 0.6 is 0 Å². The van der Waals surface area contributed by atoms with Gasteiger partial charge in [0.25, 0.3) is 0 Å². The molecule has 1 aromatic carbocycles. The third-order valence-corrected chi connectivity index (χ3v) is 4.69. The summed E-state index contributed by atoms with van der Waals surface area (Å²) in [6.45, 7) is 4.62. The quantitative estimate of drug-likeness (QED) is 0.819. The van der Waals surface area contributed by atoms with Crippen molar-refractivity contribution in [2.75, 3.05) is 19.3 Å². The van der Waals surface area contributed by atoms with Gasteiger partial charge in [0.2, 0.25) is 10.0 Å². The van der Waals surface area contributed by atoms with Crippen LogP contribution in [0.25, 0.3) is 0 Å².